The summed E-state index contributed by atoms with van der Waals surface area (Å²) in [5, 5.41) is 0. The Labute approximate surface area is 168 Å². The van der Waals surface area contributed by atoms with Crippen molar-refractivity contribution in [2.75, 3.05) is 13.7 Å². The van der Waals surface area contributed by atoms with E-state index in [1.54, 1.807) is 0 Å². The largest absolute Gasteiger partial charge is 0.469 e. The highest BCUT2D eigenvalue weighted by Crippen LogP contribution is 2.39. The molecule has 0 spiro atoms. The zero-order valence-corrected chi connectivity index (χ0v) is 19.4. The number of methoxy groups -OCH3 is 1. The lowest BCUT2D eigenvalue weighted by atomic mass is 9.70. The molecule has 0 aromatic carbocycles. The molecule has 4 unspecified atom stereocenters. The van der Waals surface area contributed by atoms with E-state index in [1.807, 2.05) is 13.8 Å². The number of ether oxygens (including phenoxy) is 1. The molecular formula is C23H45NO3. The number of hydrogen-bond acceptors (Lipinski definition) is 3. The Morgan fingerprint density at radius 1 is 1.04 bits per heavy atom. The van der Waals surface area contributed by atoms with E-state index >= 15 is 0 Å². The van der Waals surface area contributed by atoms with Crippen LogP contribution in [0, 0.1) is 23.2 Å². The molecule has 160 valence electrons. The van der Waals surface area contributed by atoms with Crippen molar-refractivity contribution in [2.24, 2.45) is 23.2 Å². The summed E-state index contributed by atoms with van der Waals surface area (Å²) in [5.41, 5.74) is 0.201. The van der Waals surface area contributed by atoms with Gasteiger partial charge in [-0.25, -0.2) is 0 Å². The summed E-state index contributed by atoms with van der Waals surface area (Å²) >= 11 is 0. The van der Waals surface area contributed by atoms with Gasteiger partial charge in [-0.2, -0.15) is 0 Å². The number of esters is 1. The fourth-order valence-corrected chi connectivity index (χ4v) is 4.11. The van der Waals surface area contributed by atoms with Gasteiger partial charge in [0.1, 0.15) is 0 Å². The smallest absolute Gasteiger partial charge is 0.308 e. The highest BCUT2D eigenvalue weighted by Gasteiger charge is 2.38. The molecule has 4 heteroatoms. The first-order valence-corrected chi connectivity index (χ1v) is 11.0. The first kappa shape index (κ1) is 25.9. The Balaban J connectivity index is 6.01. The molecule has 0 fully saturated rings. The molecule has 0 N–H and O–H groups in total. The molecule has 0 aliphatic heterocycles. The maximum absolute atomic E-state index is 12.8. The summed E-state index contributed by atoms with van der Waals surface area (Å²) in [7, 11) is 1.46. The molecule has 0 rings (SSSR count). The van der Waals surface area contributed by atoms with Crippen molar-refractivity contribution < 1.29 is 14.3 Å². The number of nitrogens with zero attached hydrogens (tertiary/aromatic N) is 1. The van der Waals surface area contributed by atoms with Crippen molar-refractivity contribution in [1.82, 2.24) is 4.90 Å². The normalized spacial score (nSPS) is 16.3. The molecule has 0 saturated heterocycles. The van der Waals surface area contributed by atoms with E-state index in [1.165, 1.54) is 7.11 Å². The SMILES string of the molecule is CCC(=O)N(CC)C(CC(C)(CC)CC)C(CC(C)C(=O)OC)C(C)CC. The van der Waals surface area contributed by atoms with Crippen molar-refractivity contribution >= 4 is 11.9 Å². The molecular weight excluding hydrogens is 338 g/mol. The van der Waals surface area contributed by atoms with Crippen LogP contribution in [0.2, 0.25) is 0 Å². The molecule has 0 aliphatic rings. The van der Waals surface area contributed by atoms with E-state index in [9.17, 15) is 9.59 Å². The summed E-state index contributed by atoms with van der Waals surface area (Å²) < 4.78 is 4.99. The quantitative estimate of drug-likeness (QED) is 0.384. The van der Waals surface area contributed by atoms with Gasteiger partial charge in [0.25, 0.3) is 0 Å². The van der Waals surface area contributed by atoms with Crippen LogP contribution in [0.15, 0.2) is 0 Å². The van der Waals surface area contributed by atoms with Crippen molar-refractivity contribution in [3.63, 3.8) is 0 Å². The van der Waals surface area contributed by atoms with Crippen LogP contribution in [0.25, 0.3) is 0 Å². The number of rotatable bonds is 13. The maximum Gasteiger partial charge on any atom is 0.308 e. The fraction of sp³-hybridized carbons (Fsp3) is 0.913. The first-order chi connectivity index (χ1) is 12.6. The van der Waals surface area contributed by atoms with Crippen LogP contribution in [0.4, 0.5) is 0 Å². The van der Waals surface area contributed by atoms with E-state index in [2.05, 4.69) is 46.4 Å². The molecule has 0 radical (unpaired) electrons. The highest BCUT2D eigenvalue weighted by molar-refractivity contribution is 5.76. The highest BCUT2D eigenvalue weighted by atomic mass is 16.5. The number of carbonyl (C=O) groups excluding carboxylic acids is 2. The standard InChI is InChI=1S/C23H45NO3/c1-10-17(6)19(15-18(7)22(26)27-9)20(16-23(8,12-3)13-4)24(14-5)21(25)11-2/h17-20H,10-16H2,1-9H3. The Hall–Kier alpha value is -1.06. The zero-order valence-electron chi connectivity index (χ0n) is 19.4. The molecule has 0 saturated carbocycles. The molecule has 0 aromatic rings. The predicted octanol–water partition coefficient (Wildman–Crippen LogP) is 5.69. The number of hydrogen-bond donors (Lipinski definition) is 0. The lowest BCUT2D eigenvalue weighted by Crippen LogP contribution is -2.49. The van der Waals surface area contributed by atoms with Crippen LogP contribution in [-0.2, 0) is 14.3 Å². The second kappa shape index (κ2) is 12.4. The van der Waals surface area contributed by atoms with Gasteiger partial charge in [-0.1, -0.05) is 67.7 Å². The van der Waals surface area contributed by atoms with Crippen LogP contribution in [-0.4, -0.2) is 36.5 Å². The predicted molar refractivity (Wildman–Crippen MR) is 114 cm³/mol. The van der Waals surface area contributed by atoms with Crippen LogP contribution >= 0.6 is 0 Å². The molecule has 0 heterocycles. The van der Waals surface area contributed by atoms with Gasteiger partial charge >= 0.3 is 5.97 Å². The summed E-state index contributed by atoms with van der Waals surface area (Å²) in [4.78, 5) is 27.0. The van der Waals surface area contributed by atoms with Crippen molar-refractivity contribution in [3.05, 3.63) is 0 Å². The average molecular weight is 384 g/mol. The van der Waals surface area contributed by atoms with Gasteiger partial charge in [0, 0.05) is 19.0 Å². The van der Waals surface area contributed by atoms with Gasteiger partial charge in [0.05, 0.1) is 13.0 Å². The van der Waals surface area contributed by atoms with Crippen molar-refractivity contribution in [2.45, 2.75) is 100.0 Å². The van der Waals surface area contributed by atoms with Gasteiger partial charge < -0.3 is 9.64 Å². The molecule has 1 amide bonds. The average Bonchev–Trinajstić information content (AvgIpc) is 2.69. The van der Waals surface area contributed by atoms with Crippen LogP contribution in [0.1, 0.15) is 93.9 Å². The molecule has 27 heavy (non-hydrogen) atoms. The lowest BCUT2D eigenvalue weighted by Gasteiger charge is -2.44. The monoisotopic (exact) mass is 383 g/mol. The van der Waals surface area contributed by atoms with E-state index in [0.717, 1.165) is 38.6 Å². The third kappa shape index (κ3) is 7.46. The molecule has 0 bridgehead atoms. The van der Waals surface area contributed by atoms with E-state index in [0.29, 0.717) is 12.3 Å². The van der Waals surface area contributed by atoms with Gasteiger partial charge in [-0.05, 0) is 37.0 Å². The van der Waals surface area contributed by atoms with Gasteiger partial charge in [-0.15, -0.1) is 0 Å². The minimum atomic E-state index is -0.152. The molecule has 0 aromatic heterocycles. The first-order valence-electron chi connectivity index (χ1n) is 11.0. The minimum Gasteiger partial charge on any atom is -0.469 e. The van der Waals surface area contributed by atoms with E-state index in [4.69, 9.17) is 4.74 Å². The Bertz CT molecular complexity index is 445. The molecule has 4 nitrogen and oxygen atoms in total. The Kier molecular flexibility index (Phi) is 11.9. The minimum absolute atomic E-state index is 0.151. The summed E-state index contributed by atoms with van der Waals surface area (Å²) in [6.45, 7) is 18.0. The van der Waals surface area contributed by atoms with Crippen LogP contribution in [0.5, 0.6) is 0 Å². The fourth-order valence-electron chi connectivity index (χ4n) is 4.11. The maximum atomic E-state index is 12.8. The third-order valence-electron chi connectivity index (χ3n) is 6.87. The van der Waals surface area contributed by atoms with E-state index < -0.39 is 0 Å². The van der Waals surface area contributed by atoms with Crippen molar-refractivity contribution in [1.29, 1.82) is 0 Å². The zero-order chi connectivity index (χ0) is 21.2. The van der Waals surface area contributed by atoms with Gasteiger partial charge in [0.15, 0.2) is 0 Å². The second-order valence-corrected chi connectivity index (χ2v) is 8.53. The summed E-state index contributed by atoms with van der Waals surface area (Å²) in [6, 6.07) is 0.161. The lowest BCUT2D eigenvalue weighted by molar-refractivity contribution is -0.146. The second-order valence-electron chi connectivity index (χ2n) is 8.53. The molecule has 4 atom stereocenters. The summed E-state index contributed by atoms with van der Waals surface area (Å²) in [6.07, 6.45) is 5.52. The Morgan fingerprint density at radius 3 is 1.96 bits per heavy atom. The third-order valence-corrected chi connectivity index (χ3v) is 6.87. The van der Waals surface area contributed by atoms with Gasteiger partial charge in [0.2, 0.25) is 5.91 Å². The number of amides is 1. The van der Waals surface area contributed by atoms with Crippen LogP contribution < -0.4 is 0 Å². The summed E-state index contributed by atoms with van der Waals surface area (Å²) in [5.74, 6) is 0.647. The van der Waals surface area contributed by atoms with E-state index in [-0.39, 0.29) is 35.2 Å². The van der Waals surface area contributed by atoms with Crippen molar-refractivity contribution in [3.8, 4) is 0 Å². The molecule has 0 aliphatic carbocycles. The Morgan fingerprint density at radius 2 is 1.59 bits per heavy atom. The topological polar surface area (TPSA) is 46.6 Å². The van der Waals surface area contributed by atoms with Crippen LogP contribution in [0.3, 0.4) is 0 Å². The number of carbonyl (C=O) groups is 2. The van der Waals surface area contributed by atoms with Gasteiger partial charge in [-0.3, -0.25) is 9.59 Å².